The third kappa shape index (κ3) is 2.50. The van der Waals surface area contributed by atoms with Gasteiger partial charge in [-0.2, -0.15) is 8.42 Å². The number of hydrogen-bond donors (Lipinski definition) is 2. The van der Waals surface area contributed by atoms with E-state index >= 15 is 0 Å². The van der Waals surface area contributed by atoms with Crippen LogP contribution in [0.2, 0.25) is 0 Å². The maximum Gasteiger partial charge on any atom is 0.343 e. The fourth-order valence-electron chi connectivity index (χ4n) is 2.14. The first-order chi connectivity index (χ1) is 7.07. The van der Waals surface area contributed by atoms with Gasteiger partial charge in [0.15, 0.2) is 0 Å². The van der Waals surface area contributed by atoms with Crippen LogP contribution in [0.25, 0.3) is 0 Å². The summed E-state index contributed by atoms with van der Waals surface area (Å²) in [5.74, 6) is 0.372. The van der Waals surface area contributed by atoms with Crippen LogP contribution in [0.4, 0.5) is 0 Å². The molecular formula is C9H15N3O2S. The van der Waals surface area contributed by atoms with Crippen molar-refractivity contribution in [2.45, 2.75) is 32.1 Å². The fraction of sp³-hybridized carbons (Fsp3) is 0.667. The lowest BCUT2D eigenvalue weighted by Crippen LogP contribution is -2.33. The molecule has 0 bridgehead atoms. The molecule has 0 spiro atoms. The van der Waals surface area contributed by atoms with E-state index in [1.54, 1.807) is 6.08 Å². The minimum atomic E-state index is -3.59. The lowest BCUT2D eigenvalue weighted by Gasteiger charge is -2.26. The van der Waals surface area contributed by atoms with Crippen LogP contribution in [0.5, 0.6) is 0 Å². The average molecular weight is 229 g/mol. The molecule has 3 N–H and O–H groups in total. The Morgan fingerprint density at radius 1 is 1.33 bits per heavy atom. The van der Waals surface area contributed by atoms with Crippen molar-refractivity contribution >= 4 is 16.0 Å². The van der Waals surface area contributed by atoms with Crippen molar-refractivity contribution < 1.29 is 8.42 Å². The van der Waals surface area contributed by atoms with E-state index in [0.717, 1.165) is 25.7 Å². The van der Waals surface area contributed by atoms with Crippen molar-refractivity contribution in [2.75, 3.05) is 0 Å². The molecule has 1 aliphatic carbocycles. The zero-order valence-electron chi connectivity index (χ0n) is 8.44. The largest absolute Gasteiger partial charge is 0.383 e. The molecule has 2 rings (SSSR count). The topological polar surface area (TPSA) is 84.5 Å². The number of nitrogens with zero attached hydrogens (tertiary/aromatic N) is 1. The maximum atomic E-state index is 11.3. The molecule has 0 amide bonds. The molecule has 84 valence electrons. The molecule has 1 fully saturated rings. The summed E-state index contributed by atoms with van der Waals surface area (Å²) in [6.07, 6.45) is 7.24. The van der Waals surface area contributed by atoms with E-state index in [2.05, 4.69) is 9.12 Å². The van der Waals surface area contributed by atoms with E-state index in [1.807, 2.05) is 0 Å². The van der Waals surface area contributed by atoms with Gasteiger partial charge in [0, 0.05) is 11.8 Å². The highest BCUT2D eigenvalue weighted by Crippen LogP contribution is 2.29. The van der Waals surface area contributed by atoms with Crippen molar-refractivity contribution in [3.63, 3.8) is 0 Å². The summed E-state index contributed by atoms with van der Waals surface area (Å²) in [4.78, 5) is 0. The molecule has 5 nitrogen and oxygen atoms in total. The Bertz CT molecular complexity index is 405. The van der Waals surface area contributed by atoms with Crippen LogP contribution in [-0.4, -0.2) is 14.3 Å². The predicted molar refractivity (Wildman–Crippen MR) is 58.3 cm³/mol. The Morgan fingerprint density at radius 2 is 2.00 bits per heavy atom. The van der Waals surface area contributed by atoms with E-state index in [4.69, 9.17) is 5.73 Å². The Hall–Kier alpha value is -1.04. The van der Waals surface area contributed by atoms with Gasteiger partial charge in [0.1, 0.15) is 5.84 Å². The van der Waals surface area contributed by atoms with Crippen LogP contribution < -0.4 is 10.5 Å². The molecule has 1 saturated carbocycles. The smallest absolute Gasteiger partial charge is 0.343 e. The number of rotatable bonds is 1. The van der Waals surface area contributed by atoms with Crippen LogP contribution in [0, 0.1) is 5.92 Å². The van der Waals surface area contributed by atoms with Crippen LogP contribution in [0.3, 0.4) is 0 Å². The molecule has 15 heavy (non-hydrogen) atoms. The Kier molecular flexibility index (Phi) is 2.68. The molecule has 0 aromatic carbocycles. The molecule has 0 atom stereocenters. The van der Waals surface area contributed by atoms with Gasteiger partial charge in [-0.05, 0) is 18.8 Å². The van der Waals surface area contributed by atoms with Crippen molar-refractivity contribution in [1.29, 1.82) is 0 Å². The molecule has 0 saturated heterocycles. The van der Waals surface area contributed by atoms with Crippen LogP contribution in [0.15, 0.2) is 16.2 Å². The van der Waals surface area contributed by atoms with Crippen molar-refractivity contribution in [2.24, 2.45) is 16.0 Å². The maximum absolute atomic E-state index is 11.3. The van der Waals surface area contributed by atoms with E-state index in [1.165, 1.54) is 6.42 Å². The Morgan fingerprint density at radius 3 is 2.60 bits per heavy atom. The Labute approximate surface area is 89.6 Å². The standard InChI is InChI=1S/C9H15N3O2S/c10-9-6-8(11-15(13,14)12-9)7-4-2-1-3-5-7/h6-7,11H,1-5H2,(H2,10,12). The van der Waals surface area contributed by atoms with E-state index in [0.29, 0.717) is 11.6 Å². The third-order valence-electron chi connectivity index (χ3n) is 2.82. The third-order valence-corrected chi connectivity index (χ3v) is 3.77. The van der Waals surface area contributed by atoms with Crippen LogP contribution >= 0.6 is 0 Å². The van der Waals surface area contributed by atoms with Gasteiger partial charge in [-0.15, -0.1) is 4.40 Å². The molecule has 0 radical (unpaired) electrons. The fourth-order valence-corrected chi connectivity index (χ4v) is 3.04. The van der Waals surface area contributed by atoms with Gasteiger partial charge >= 0.3 is 10.2 Å². The molecule has 0 unspecified atom stereocenters. The Balaban J connectivity index is 2.19. The van der Waals surface area contributed by atoms with Gasteiger partial charge in [0.05, 0.1) is 0 Å². The lowest BCUT2D eigenvalue weighted by atomic mass is 9.87. The normalized spacial score (nSPS) is 26.4. The highest BCUT2D eigenvalue weighted by atomic mass is 32.2. The summed E-state index contributed by atoms with van der Waals surface area (Å²) < 4.78 is 28.4. The monoisotopic (exact) mass is 229 g/mol. The molecule has 1 heterocycles. The highest BCUT2D eigenvalue weighted by Gasteiger charge is 2.24. The van der Waals surface area contributed by atoms with E-state index < -0.39 is 10.2 Å². The molecular weight excluding hydrogens is 214 g/mol. The summed E-state index contributed by atoms with van der Waals surface area (Å²) in [5.41, 5.74) is 6.17. The van der Waals surface area contributed by atoms with Crippen molar-refractivity contribution in [3.05, 3.63) is 11.8 Å². The zero-order valence-corrected chi connectivity index (χ0v) is 9.26. The SMILES string of the molecule is NC1=NS(=O)(=O)NC(C2CCCCC2)=C1. The second kappa shape index (κ2) is 3.84. The number of nitrogens with two attached hydrogens (primary N) is 1. The van der Waals surface area contributed by atoms with Gasteiger partial charge in [-0.1, -0.05) is 19.3 Å². The summed E-state index contributed by atoms with van der Waals surface area (Å²) in [6, 6.07) is 0. The molecule has 1 aliphatic heterocycles. The van der Waals surface area contributed by atoms with Gasteiger partial charge < -0.3 is 5.73 Å². The summed E-state index contributed by atoms with van der Waals surface area (Å²) in [6.45, 7) is 0. The first-order valence-electron chi connectivity index (χ1n) is 5.16. The summed E-state index contributed by atoms with van der Waals surface area (Å²) in [5, 5.41) is 0. The molecule has 0 aromatic rings. The van der Waals surface area contributed by atoms with E-state index in [-0.39, 0.29) is 5.84 Å². The van der Waals surface area contributed by atoms with Gasteiger partial charge in [0.25, 0.3) is 0 Å². The van der Waals surface area contributed by atoms with Crippen molar-refractivity contribution in [3.8, 4) is 0 Å². The molecule has 0 aromatic heterocycles. The average Bonchev–Trinajstić information content (AvgIpc) is 2.16. The number of hydrogen-bond acceptors (Lipinski definition) is 3. The lowest BCUT2D eigenvalue weighted by molar-refractivity contribution is 0.394. The molecule has 2 aliphatic rings. The van der Waals surface area contributed by atoms with Gasteiger partial charge in [-0.25, -0.2) is 0 Å². The zero-order chi connectivity index (χ0) is 10.9. The summed E-state index contributed by atoms with van der Waals surface area (Å²) >= 11 is 0. The van der Waals surface area contributed by atoms with Gasteiger partial charge in [0.2, 0.25) is 0 Å². The van der Waals surface area contributed by atoms with Gasteiger partial charge in [-0.3, -0.25) is 4.72 Å². The minimum absolute atomic E-state index is 0.0781. The first-order valence-corrected chi connectivity index (χ1v) is 6.60. The quantitative estimate of drug-likeness (QED) is 0.692. The second-order valence-electron chi connectivity index (χ2n) is 4.03. The number of amidine groups is 1. The first kappa shape index (κ1) is 10.5. The minimum Gasteiger partial charge on any atom is -0.383 e. The van der Waals surface area contributed by atoms with Crippen LogP contribution in [-0.2, 0) is 10.2 Å². The van der Waals surface area contributed by atoms with Crippen LogP contribution in [0.1, 0.15) is 32.1 Å². The molecule has 6 heteroatoms. The highest BCUT2D eigenvalue weighted by molar-refractivity contribution is 7.88. The van der Waals surface area contributed by atoms with Crippen molar-refractivity contribution in [1.82, 2.24) is 4.72 Å². The second-order valence-corrected chi connectivity index (χ2v) is 5.36. The summed E-state index contributed by atoms with van der Waals surface area (Å²) in [7, 11) is -3.59. The van der Waals surface area contributed by atoms with E-state index in [9.17, 15) is 8.42 Å². The number of nitrogens with one attached hydrogen (secondary N) is 1. The number of allylic oxidation sites excluding steroid dienone is 1. The predicted octanol–water partition coefficient (Wildman–Crippen LogP) is 0.656.